The molecule has 0 aromatic heterocycles. The van der Waals surface area contributed by atoms with Crippen LogP contribution < -0.4 is 5.32 Å². The molecule has 1 unspecified atom stereocenters. The van der Waals surface area contributed by atoms with E-state index < -0.39 is 11.0 Å². The lowest BCUT2D eigenvalue weighted by Gasteiger charge is -2.61. The number of piperidine rings is 1. The number of rotatable bonds is 9. The third-order valence-corrected chi connectivity index (χ3v) is 9.43. The predicted octanol–water partition coefficient (Wildman–Crippen LogP) is 6.21. The van der Waals surface area contributed by atoms with Crippen LogP contribution in [0, 0.1) is 5.92 Å². The van der Waals surface area contributed by atoms with E-state index in [4.69, 9.17) is 27.9 Å². The topological polar surface area (TPSA) is 75.6 Å². The number of phenols is 1. The van der Waals surface area contributed by atoms with Crippen LogP contribution in [-0.2, 0) is 26.2 Å². The van der Waals surface area contributed by atoms with Gasteiger partial charge >= 0.3 is 5.97 Å². The van der Waals surface area contributed by atoms with Gasteiger partial charge in [0.25, 0.3) is 0 Å². The fourth-order valence-electron chi connectivity index (χ4n) is 7.42. The number of fused-ring (bicyclic) bond motifs is 1. The van der Waals surface area contributed by atoms with Gasteiger partial charge in [-0.05, 0) is 60.7 Å². The highest BCUT2D eigenvalue weighted by Crippen LogP contribution is 2.55. The molecule has 1 saturated heterocycles. The third kappa shape index (κ3) is 6.35. The Morgan fingerprint density at radius 2 is 1.98 bits per heavy atom. The summed E-state index contributed by atoms with van der Waals surface area (Å²) in [5.41, 5.74) is 0.376. The smallest absolute Gasteiger partial charge is 0.303 e. The van der Waals surface area contributed by atoms with E-state index in [2.05, 4.69) is 25.7 Å². The van der Waals surface area contributed by atoms with E-state index in [9.17, 15) is 14.7 Å². The number of esters is 1. The summed E-state index contributed by atoms with van der Waals surface area (Å²) >= 11 is 12.2. The van der Waals surface area contributed by atoms with Crippen molar-refractivity contribution in [3.05, 3.63) is 76.3 Å². The molecular formula is C32H41Cl2N2O4+. The van der Waals surface area contributed by atoms with Gasteiger partial charge in [0.1, 0.15) is 12.3 Å². The van der Waals surface area contributed by atoms with Crippen molar-refractivity contribution in [1.29, 1.82) is 0 Å². The highest BCUT2D eigenvalue weighted by molar-refractivity contribution is 6.42. The fraction of sp³-hybridized carbons (Fsp3) is 0.500. The number of halogens is 2. The second-order valence-electron chi connectivity index (χ2n) is 12.2. The van der Waals surface area contributed by atoms with Crippen molar-refractivity contribution in [3.63, 3.8) is 0 Å². The van der Waals surface area contributed by atoms with Gasteiger partial charge in [-0.1, -0.05) is 61.8 Å². The maximum Gasteiger partial charge on any atom is 0.303 e. The number of ether oxygens (including phenoxy) is 1. The van der Waals surface area contributed by atoms with Crippen LogP contribution in [0.5, 0.6) is 5.75 Å². The number of hydrogen-bond donors (Lipinski definition) is 2. The van der Waals surface area contributed by atoms with E-state index in [-0.39, 0.29) is 30.1 Å². The lowest BCUT2D eigenvalue weighted by molar-refractivity contribution is -0.938. The van der Waals surface area contributed by atoms with Crippen molar-refractivity contribution < 1.29 is 23.9 Å². The van der Waals surface area contributed by atoms with Crippen molar-refractivity contribution in [3.8, 4) is 5.75 Å². The van der Waals surface area contributed by atoms with Gasteiger partial charge in [-0.15, -0.1) is 0 Å². The summed E-state index contributed by atoms with van der Waals surface area (Å²) in [7, 11) is 0. The molecular weight excluding hydrogens is 547 g/mol. The summed E-state index contributed by atoms with van der Waals surface area (Å²) in [6.07, 6.45) is 4.80. The first-order valence-corrected chi connectivity index (χ1v) is 14.9. The summed E-state index contributed by atoms with van der Waals surface area (Å²) < 4.78 is 7.22. The number of hydrogen-bond acceptors (Lipinski definition) is 4. The molecule has 1 heterocycles. The monoisotopic (exact) mass is 587 g/mol. The maximum atomic E-state index is 13.2. The summed E-state index contributed by atoms with van der Waals surface area (Å²) in [5, 5.41) is 14.6. The molecule has 216 valence electrons. The van der Waals surface area contributed by atoms with Gasteiger partial charge in [0.15, 0.2) is 5.60 Å². The number of aromatic hydroxyl groups is 1. The van der Waals surface area contributed by atoms with Gasteiger partial charge in [0.05, 0.1) is 36.1 Å². The molecule has 4 rings (SSSR count). The number of phenolic OH excluding ortho intramolecular Hbond substituents is 1. The van der Waals surface area contributed by atoms with Crippen LogP contribution in [0.2, 0.25) is 10.0 Å². The highest BCUT2D eigenvalue weighted by atomic mass is 35.5. The molecule has 2 aromatic carbocycles. The average Bonchev–Trinajstić information content (AvgIpc) is 2.86. The number of nitrogens with zero attached hydrogens (tertiary/aromatic N) is 1. The van der Waals surface area contributed by atoms with E-state index in [0.29, 0.717) is 41.8 Å². The fourth-order valence-corrected chi connectivity index (χ4v) is 7.74. The number of nitrogens with one attached hydrogen (secondary N) is 1. The van der Waals surface area contributed by atoms with Gasteiger partial charge in [-0.2, -0.15) is 0 Å². The molecule has 6 nitrogen and oxygen atoms in total. The normalized spacial score (nSPS) is 28.0. The Bertz CT molecular complexity index is 1270. The van der Waals surface area contributed by atoms with Crippen LogP contribution in [0.25, 0.3) is 0 Å². The molecule has 8 heteroatoms. The first-order chi connectivity index (χ1) is 18.9. The first-order valence-electron chi connectivity index (χ1n) is 14.1. The Labute approximate surface area is 247 Å². The molecule has 2 aromatic rings. The molecule has 4 atom stereocenters. The van der Waals surface area contributed by atoms with Crippen LogP contribution in [0.4, 0.5) is 0 Å². The van der Waals surface area contributed by atoms with Crippen molar-refractivity contribution in [2.24, 2.45) is 5.92 Å². The van der Waals surface area contributed by atoms with Crippen LogP contribution >= 0.6 is 23.2 Å². The summed E-state index contributed by atoms with van der Waals surface area (Å²) in [6, 6.07) is 12.4. The molecule has 2 N–H and O–H groups in total. The Balaban J connectivity index is 1.70. The summed E-state index contributed by atoms with van der Waals surface area (Å²) in [5.74, 6) is 0.227. The molecule has 2 aliphatic rings. The van der Waals surface area contributed by atoms with Crippen LogP contribution in [0.3, 0.4) is 0 Å². The standard InChI is InChI=1S/C32H40Cl2N2O4/c1-5-14-36(20-22(2)3)15-13-31(25-7-6-8-27(38)18-25)19-26(11-12-32(31,21-36)40-23(4)37)35-30(39)17-24-9-10-28(33)29(34)16-24/h5-10,16,18,22,26H,1,11-15,17,19-21H2,2-4H3,(H-,35,38,39)/p+1/t26-,31+,32?,36-/m0/s1. The van der Waals surface area contributed by atoms with Crippen molar-refractivity contribution in [1.82, 2.24) is 5.32 Å². The maximum absolute atomic E-state index is 13.2. The van der Waals surface area contributed by atoms with E-state index in [1.54, 1.807) is 24.3 Å². The van der Waals surface area contributed by atoms with Gasteiger partial charge < -0.3 is 19.6 Å². The van der Waals surface area contributed by atoms with Gasteiger partial charge in [0, 0.05) is 30.7 Å². The van der Waals surface area contributed by atoms with E-state index in [1.165, 1.54) is 6.92 Å². The second kappa shape index (κ2) is 12.1. The van der Waals surface area contributed by atoms with Crippen molar-refractivity contribution >= 4 is 35.1 Å². The van der Waals surface area contributed by atoms with Crippen molar-refractivity contribution in [2.45, 2.75) is 69.9 Å². The third-order valence-electron chi connectivity index (χ3n) is 8.69. The quantitative estimate of drug-likeness (QED) is 0.208. The minimum atomic E-state index is -0.784. The number of amides is 1. The Morgan fingerprint density at radius 1 is 1.20 bits per heavy atom. The van der Waals surface area contributed by atoms with Crippen LogP contribution in [0.15, 0.2) is 55.1 Å². The number of carbonyl (C=O) groups excluding carboxylic acids is 2. The Kier molecular flexibility index (Phi) is 9.23. The van der Waals surface area contributed by atoms with Gasteiger partial charge in [-0.3, -0.25) is 9.59 Å². The van der Waals surface area contributed by atoms with E-state index in [0.717, 1.165) is 41.7 Å². The first kappa shape index (κ1) is 30.4. The highest BCUT2D eigenvalue weighted by Gasteiger charge is 2.65. The minimum absolute atomic E-state index is 0.0955. The summed E-state index contributed by atoms with van der Waals surface area (Å²) in [6.45, 7) is 13.3. The predicted molar refractivity (Wildman–Crippen MR) is 160 cm³/mol. The SMILES string of the molecule is C=CC[N@@+]1(CC(C)C)CC[C@]2(c3cccc(O)c3)C[C@@H](NC(=O)Cc3ccc(Cl)c(Cl)c3)CCC2(OC(C)=O)C1. The van der Waals surface area contributed by atoms with E-state index >= 15 is 0 Å². The molecule has 1 aliphatic carbocycles. The molecule has 0 spiro atoms. The largest absolute Gasteiger partial charge is 0.508 e. The van der Waals surface area contributed by atoms with E-state index in [1.807, 2.05) is 24.3 Å². The van der Waals surface area contributed by atoms with Crippen LogP contribution in [0.1, 0.15) is 57.6 Å². The molecule has 1 saturated carbocycles. The zero-order valence-electron chi connectivity index (χ0n) is 23.7. The zero-order valence-corrected chi connectivity index (χ0v) is 25.2. The lowest BCUT2D eigenvalue weighted by Crippen LogP contribution is -2.74. The zero-order chi connectivity index (χ0) is 29.1. The molecule has 2 fully saturated rings. The molecule has 1 amide bonds. The number of benzene rings is 2. The Morgan fingerprint density at radius 3 is 2.62 bits per heavy atom. The molecule has 0 bridgehead atoms. The average molecular weight is 589 g/mol. The van der Waals surface area contributed by atoms with Crippen molar-refractivity contribution in [2.75, 3.05) is 26.2 Å². The minimum Gasteiger partial charge on any atom is -0.508 e. The number of carbonyl (C=O) groups is 2. The molecule has 40 heavy (non-hydrogen) atoms. The number of quaternary nitrogens is 1. The van der Waals surface area contributed by atoms with Gasteiger partial charge in [-0.25, -0.2) is 0 Å². The lowest BCUT2D eigenvalue weighted by atomic mass is 9.54. The molecule has 0 radical (unpaired) electrons. The van der Waals surface area contributed by atoms with Gasteiger partial charge in [0.2, 0.25) is 5.91 Å². The molecule has 1 aliphatic heterocycles. The number of likely N-dealkylation sites (tertiary alicyclic amines) is 1. The second-order valence-corrected chi connectivity index (χ2v) is 13.0. The summed E-state index contributed by atoms with van der Waals surface area (Å²) in [4.78, 5) is 25.9. The van der Waals surface area contributed by atoms with Crippen LogP contribution in [-0.4, -0.2) is 59.3 Å². The Hall–Kier alpha value is -2.54.